The third kappa shape index (κ3) is 14.5. The van der Waals surface area contributed by atoms with Crippen LogP contribution < -0.4 is 37.7 Å². The zero-order valence-corrected chi connectivity index (χ0v) is 31.5. The van der Waals surface area contributed by atoms with Gasteiger partial charge in [-0.15, -0.1) is 13.2 Å². The lowest BCUT2D eigenvalue weighted by Gasteiger charge is -2.44. The highest BCUT2D eigenvalue weighted by Gasteiger charge is 2.36. The van der Waals surface area contributed by atoms with Crippen molar-refractivity contribution < 1.29 is 24.0 Å². The Kier molecular flexibility index (Phi) is 23.0. The number of fused-ring (bicyclic) bond motifs is 2. The Balaban J connectivity index is 0.00000118. The Bertz CT molecular complexity index is 1320. The molecule has 1 aromatic heterocycles. The van der Waals surface area contributed by atoms with Crippen LogP contribution in [0.1, 0.15) is 65.7 Å². The molecule has 1 aromatic rings. The van der Waals surface area contributed by atoms with E-state index in [4.69, 9.17) is 10.9 Å². The van der Waals surface area contributed by atoms with Gasteiger partial charge in [-0.05, 0) is 86.7 Å². The van der Waals surface area contributed by atoms with E-state index < -0.39 is 35.1 Å². The fourth-order valence-electron chi connectivity index (χ4n) is 6.14. The number of carbonyl (C=O) groups is 5. The topological polar surface area (TPSA) is 208 Å². The molecule has 0 saturated heterocycles. The van der Waals surface area contributed by atoms with Crippen molar-refractivity contribution in [3.8, 4) is 0 Å². The number of hydrogen-bond acceptors (Lipinski definition) is 11. The van der Waals surface area contributed by atoms with E-state index >= 15 is 0 Å². The summed E-state index contributed by atoms with van der Waals surface area (Å²) in [5.41, 5.74) is 5.37. The molecule has 0 radical (unpaired) electrons. The largest absolute Gasteiger partial charge is 0.401 e. The summed E-state index contributed by atoms with van der Waals surface area (Å²) in [6.45, 7) is 11.7. The minimum atomic E-state index is -1.30. The van der Waals surface area contributed by atoms with Gasteiger partial charge in [0.05, 0.1) is 6.54 Å². The van der Waals surface area contributed by atoms with Gasteiger partial charge < -0.3 is 36.4 Å². The number of aromatic nitrogens is 1. The molecule has 2 aliphatic carbocycles. The average Bonchev–Trinajstić information content (AvgIpc) is 3.10. The number of carbonyl (C=O) groups excluding carboxylic acids is 5. The highest BCUT2D eigenvalue weighted by molar-refractivity contribution is 8.01. The number of ketones is 1. The van der Waals surface area contributed by atoms with Crippen molar-refractivity contribution in [3.05, 3.63) is 52.4 Å². The summed E-state index contributed by atoms with van der Waals surface area (Å²) in [5.74, 6) is -0.402. The van der Waals surface area contributed by atoms with Gasteiger partial charge in [-0.2, -0.15) is 12.6 Å². The summed E-state index contributed by atoms with van der Waals surface area (Å²) >= 11 is 4.14. The van der Waals surface area contributed by atoms with Crippen molar-refractivity contribution in [1.82, 2.24) is 20.5 Å². The maximum atomic E-state index is 12.9. The van der Waals surface area contributed by atoms with Crippen molar-refractivity contribution in [1.29, 1.82) is 0 Å². The van der Waals surface area contributed by atoms with Crippen LogP contribution in [0.3, 0.4) is 0 Å². The molecule has 3 rings (SSSR count). The first-order valence-electron chi connectivity index (χ1n) is 16.4. The summed E-state index contributed by atoms with van der Waals surface area (Å²) in [4.78, 5) is 72.2. The third-order valence-electron chi connectivity index (χ3n) is 8.50. The smallest absolute Gasteiger partial charge is 0.287 e. The quantitative estimate of drug-likeness (QED) is 0.0396. The van der Waals surface area contributed by atoms with Crippen molar-refractivity contribution in [2.45, 2.75) is 84.3 Å². The van der Waals surface area contributed by atoms with E-state index in [1.165, 1.54) is 57.5 Å². The first-order chi connectivity index (χ1) is 23.4. The second kappa shape index (κ2) is 24.7. The number of nitrogens with one attached hydrogen (secondary N) is 4. The predicted molar refractivity (Wildman–Crippen MR) is 202 cm³/mol. The lowest BCUT2D eigenvalue weighted by atomic mass is 9.66. The van der Waals surface area contributed by atoms with Gasteiger partial charge in [-0.1, -0.05) is 33.6 Å². The number of hydrogen-bond donors (Lipinski definition) is 7. The van der Waals surface area contributed by atoms with Gasteiger partial charge in [0, 0.05) is 31.4 Å². The average molecular weight is 724 g/mol. The minimum Gasteiger partial charge on any atom is -0.401 e. The fourth-order valence-corrected chi connectivity index (χ4v) is 6.68. The van der Waals surface area contributed by atoms with Crippen LogP contribution in [0.5, 0.6) is 0 Å². The number of aldehydes is 1. The summed E-state index contributed by atoms with van der Waals surface area (Å²) < 4.78 is 1.08. The molecule has 0 spiro atoms. The molecule has 49 heavy (non-hydrogen) atoms. The fraction of sp³-hybridized carbons (Fsp3) is 0.588. The molecule has 0 aromatic carbocycles. The molecular formula is C34H57N7O6S2. The molecule has 5 unspecified atom stereocenters. The number of amides is 3. The third-order valence-corrected chi connectivity index (χ3v) is 9.16. The Morgan fingerprint density at radius 1 is 1.12 bits per heavy atom. The maximum Gasteiger partial charge on any atom is 0.287 e. The summed E-state index contributed by atoms with van der Waals surface area (Å²) in [6, 6.07) is 2.31. The number of thiol groups is 1. The number of nitrogens with two attached hydrogens (primary N) is 2. The van der Waals surface area contributed by atoms with E-state index in [0.717, 1.165) is 28.4 Å². The van der Waals surface area contributed by atoms with Gasteiger partial charge in [-0.25, -0.2) is 0 Å². The van der Waals surface area contributed by atoms with Gasteiger partial charge in [-0.3, -0.25) is 29.1 Å². The number of pyridine rings is 1. The molecule has 13 nitrogen and oxygen atoms in total. The van der Waals surface area contributed by atoms with Crippen LogP contribution in [0.25, 0.3) is 0 Å². The Morgan fingerprint density at radius 3 is 2.33 bits per heavy atom. The van der Waals surface area contributed by atoms with Crippen LogP contribution in [0.2, 0.25) is 0 Å². The Morgan fingerprint density at radius 2 is 1.78 bits per heavy atom. The Hall–Kier alpha value is -3.40. The zero-order valence-electron chi connectivity index (χ0n) is 29.8. The number of nitrogens with zero attached hydrogens (tertiary/aromatic N) is 1. The van der Waals surface area contributed by atoms with E-state index in [1.807, 2.05) is 0 Å². The van der Waals surface area contributed by atoms with Crippen LogP contribution >= 0.6 is 24.6 Å². The Labute approximate surface area is 300 Å². The number of allylic oxidation sites excluding steroid dienone is 1. The van der Waals surface area contributed by atoms with E-state index in [1.54, 1.807) is 20.1 Å². The van der Waals surface area contributed by atoms with Gasteiger partial charge >= 0.3 is 0 Å². The number of anilines is 1. The van der Waals surface area contributed by atoms with Crippen LogP contribution in [0.15, 0.2) is 46.9 Å². The highest BCUT2D eigenvalue weighted by atomic mass is 32.2. The number of rotatable bonds is 13. The van der Waals surface area contributed by atoms with Crippen molar-refractivity contribution in [2.24, 2.45) is 34.5 Å². The summed E-state index contributed by atoms with van der Waals surface area (Å²) in [6.07, 6.45) is 10.5. The van der Waals surface area contributed by atoms with E-state index in [2.05, 4.69) is 61.0 Å². The van der Waals surface area contributed by atoms with Crippen LogP contribution in [0, 0.1) is 23.7 Å². The van der Waals surface area contributed by atoms with Gasteiger partial charge in [0.25, 0.3) is 17.4 Å². The number of likely N-dealkylation sites (N-methyl/N-ethyl adjacent to an activating group) is 1. The van der Waals surface area contributed by atoms with Crippen LogP contribution in [-0.2, 0) is 30.5 Å². The minimum absolute atomic E-state index is 0.00604. The summed E-state index contributed by atoms with van der Waals surface area (Å²) in [7, 11) is 3.42. The molecule has 2 saturated carbocycles. The molecule has 276 valence electrons. The van der Waals surface area contributed by atoms with Crippen LogP contribution in [0.4, 0.5) is 5.69 Å². The molecule has 2 fully saturated rings. The van der Waals surface area contributed by atoms with E-state index in [9.17, 15) is 28.8 Å². The van der Waals surface area contributed by atoms with E-state index in [0.29, 0.717) is 18.2 Å². The van der Waals surface area contributed by atoms with Crippen molar-refractivity contribution >= 4 is 60.1 Å². The molecule has 15 heteroatoms. The second-order valence-corrected chi connectivity index (χ2v) is 12.6. The molecule has 2 aliphatic rings. The van der Waals surface area contributed by atoms with Gasteiger partial charge in [0.15, 0.2) is 0 Å². The first-order valence-corrected chi connectivity index (χ1v) is 18.1. The lowest BCUT2D eigenvalue weighted by Crippen LogP contribution is -2.46. The molecule has 5 atom stereocenters. The molecule has 8 N–H and O–H groups in total. The second-order valence-electron chi connectivity index (χ2n) is 12.0. The first kappa shape index (κ1) is 45.6. The van der Waals surface area contributed by atoms with Crippen LogP contribution in [-0.4, -0.2) is 66.8 Å². The SMILES string of the molecule is C=C.CNC(=O)C(=O)CCC(NC(=O)/C(SN)=C(/N)C(C)C)C(=O)Nc1cccn(CC=O)c1=O.CNC1C(C)CC2CCCC1C2.CS. The molecule has 1 heterocycles. The molecule has 3 amide bonds. The van der Waals surface area contributed by atoms with Crippen molar-refractivity contribution in [3.63, 3.8) is 0 Å². The lowest BCUT2D eigenvalue weighted by molar-refractivity contribution is -0.137. The monoisotopic (exact) mass is 723 g/mol. The molecule has 2 bridgehead atoms. The maximum absolute atomic E-state index is 12.9. The predicted octanol–water partition coefficient (Wildman–Crippen LogP) is 2.77. The highest BCUT2D eigenvalue weighted by Crippen LogP contribution is 2.42. The van der Waals surface area contributed by atoms with Gasteiger partial charge in [0.2, 0.25) is 11.7 Å². The van der Waals surface area contributed by atoms with Crippen molar-refractivity contribution in [2.75, 3.05) is 25.7 Å². The van der Waals surface area contributed by atoms with Gasteiger partial charge in [0.1, 0.15) is 22.9 Å². The molecule has 0 aliphatic heterocycles. The standard InChI is InChI=1S/C20H28N6O6S.C11H21N.C2H4.CH4S/c1-11(2)15(21)16(33-22)19(31)24-12(6-7-14(28)18(30)23-3)17(29)25-13-5-4-8-26(9-10-27)20(13)32;1-8-6-9-4-3-5-10(7-9)11(8)12-2;2*1-2/h4-5,8,10-12H,6-7,9,21-22H2,1-3H3,(H,23,30)(H,24,31)(H,25,29);8-12H,3-7H2,1-2H3;1-2H2;2H,1H3/b16-15-;;;. The summed E-state index contributed by atoms with van der Waals surface area (Å²) in [5, 5.41) is 16.1. The number of Topliss-reactive ketones (excluding diaryl/α,β-unsaturated/α-hetero) is 1. The normalized spacial score (nSPS) is 20.2. The molecular weight excluding hydrogens is 667 g/mol. The van der Waals surface area contributed by atoms with E-state index in [-0.39, 0.29) is 41.6 Å². The zero-order chi connectivity index (χ0) is 37.7.